The number of hydrogen-bond acceptors (Lipinski definition) is 3. The Morgan fingerprint density at radius 2 is 2.10 bits per heavy atom. The van der Waals surface area contributed by atoms with Gasteiger partial charge >= 0.3 is 0 Å². The third-order valence-electron chi connectivity index (χ3n) is 4.13. The van der Waals surface area contributed by atoms with E-state index in [0.717, 1.165) is 64.1 Å². The highest BCUT2D eigenvalue weighted by atomic mass is 16.5. The maximum absolute atomic E-state index is 5.62. The largest absolute Gasteiger partial charge is 0.379 e. The van der Waals surface area contributed by atoms with Crippen LogP contribution in [0.1, 0.15) is 25.7 Å². The zero-order valence-corrected chi connectivity index (χ0v) is 13.3. The summed E-state index contributed by atoms with van der Waals surface area (Å²) >= 11 is 0. The highest BCUT2D eigenvalue weighted by Gasteiger charge is 2.21. The maximum atomic E-state index is 5.62. The molecule has 0 spiro atoms. The number of piperidine rings is 1. The van der Waals surface area contributed by atoms with Crippen LogP contribution >= 0.6 is 0 Å². The van der Waals surface area contributed by atoms with Crippen molar-refractivity contribution >= 4 is 5.96 Å². The Morgan fingerprint density at radius 3 is 2.71 bits per heavy atom. The van der Waals surface area contributed by atoms with E-state index in [1.54, 1.807) is 0 Å². The summed E-state index contributed by atoms with van der Waals surface area (Å²) in [5.41, 5.74) is 0. The molecule has 0 aromatic heterocycles. The van der Waals surface area contributed by atoms with E-state index < -0.39 is 0 Å². The van der Waals surface area contributed by atoms with Crippen LogP contribution in [0.4, 0.5) is 0 Å². The number of likely N-dealkylation sites (tertiary alicyclic amines) is 1. The van der Waals surface area contributed by atoms with Gasteiger partial charge in [0.1, 0.15) is 0 Å². The SMILES string of the molecule is C=CCN1CCC(NC(=NC)NCCOCC2CC2)CC1. The smallest absolute Gasteiger partial charge is 0.191 e. The number of aliphatic imine (C=N–C) groups is 1. The first kappa shape index (κ1) is 16.3. The monoisotopic (exact) mass is 294 g/mol. The van der Waals surface area contributed by atoms with Crippen molar-refractivity contribution in [1.29, 1.82) is 0 Å². The molecule has 0 atom stereocenters. The van der Waals surface area contributed by atoms with Crippen molar-refractivity contribution in [3.05, 3.63) is 12.7 Å². The van der Waals surface area contributed by atoms with Crippen molar-refractivity contribution in [3.8, 4) is 0 Å². The Kier molecular flexibility index (Phi) is 7.03. The molecule has 1 aliphatic carbocycles. The fraction of sp³-hybridized carbons (Fsp3) is 0.812. The minimum absolute atomic E-state index is 0.518. The van der Waals surface area contributed by atoms with E-state index in [9.17, 15) is 0 Å². The van der Waals surface area contributed by atoms with Crippen LogP contribution in [0.2, 0.25) is 0 Å². The fourth-order valence-corrected chi connectivity index (χ4v) is 2.61. The van der Waals surface area contributed by atoms with Gasteiger partial charge in [0.2, 0.25) is 0 Å². The summed E-state index contributed by atoms with van der Waals surface area (Å²) in [5.74, 6) is 1.73. The Morgan fingerprint density at radius 1 is 1.33 bits per heavy atom. The zero-order chi connectivity index (χ0) is 14.9. The molecule has 0 aromatic rings. The molecule has 120 valence electrons. The number of nitrogens with one attached hydrogen (secondary N) is 2. The zero-order valence-electron chi connectivity index (χ0n) is 13.3. The van der Waals surface area contributed by atoms with Crippen molar-refractivity contribution in [3.63, 3.8) is 0 Å². The van der Waals surface area contributed by atoms with Crippen LogP contribution < -0.4 is 10.6 Å². The topological polar surface area (TPSA) is 48.9 Å². The molecule has 0 radical (unpaired) electrons. The molecule has 21 heavy (non-hydrogen) atoms. The second-order valence-corrected chi connectivity index (χ2v) is 6.03. The lowest BCUT2D eigenvalue weighted by atomic mass is 10.1. The summed E-state index contributed by atoms with van der Waals surface area (Å²) in [6, 6.07) is 0.518. The van der Waals surface area contributed by atoms with E-state index in [0.29, 0.717) is 6.04 Å². The second kappa shape index (κ2) is 9.05. The van der Waals surface area contributed by atoms with Crippen LogP contribution in [0.15, 0.2) is 17.6 Å². The van der Waals surface area contributed by atoms with Gasteiger partial charge in [-0.05, 0) is 31.6 Å². The predicted molar refractivity (Wildman–Crippen MR) is 87.7 cm³/mol. The molecule has 2 aliphatic rings. The summed E-state index contributed by atoms with van der Waals surface area (Å²) in [4.78, 5) is 6.73. The summed E-state index contributed by atoms with van der Waals surface area (Å²) in [6.07, 6.45) is 7.00. The standard InChI is InChI=1S/C16H30N4O/c1-3-9-20-10-6-15(7-11-20)19-16(17-2)18-8-12-21-13-14-4-5-14/h3,14-15H,1,4-13H2,2H3,(H2,17,18,19). The van der Waals surface area contributed by atoms with Gasteiger partial charge in [-0.1, -0.05) is 6.08 Å². The molecule has 1 heterocycles. The third-order valence-corrected chi connectivity index (χ3v) is 4.13. The van der Waals surface area contributed by atoms with Gasteiger partial charge in [0, 0.05) is 45.9 Å². The van der Waals surface area contributed by atoms with E-state index in [1.165, 1.54) is 12.8 Å². The van der Waals surface area contributed by atoms with Gasteiger partial charge in [-0.15, -0.1) is 6.58 Å². The number of rotatable bonds is 8. The molecule has 0 unspecified atom stereocenters. The van der Waals surface area contributed by atoms with Crippen LogP contribution in [-0.2, 0) is 4.74 Å². The van der Waals surface area contributed by atoms with E-state index in [1.807, 2.05) is 13.1 Å². The molecule has 2 rings (SSSR count). The lowest BCUT2D eigenvalue weighted by Crippen LogP contribution is -2.49. The summed E-state index contributed by atoms with van der Waals surface area (Å²) in [5, 5.41) is 6.84. The number of nitrogens with zero attached hydrogens (tertiary/aromatic N) is 2. The lowest BCUT2D eigenvalue weighted by Gasteiger charge is -2.32. The molecular formula is C16H30N4O. The molecule has 5 nitrogen and oxygen atoms in total. The molecule has 0 bridgehead atoms. The first-order chi connectivity index (χ1) is 10.3. The van der Waals surface area contributed by atoms with Crippen LogP contribution in [0, 0.1) is 5.92 Å². The summed E-state index contributed by atoms with van der Waals surface area (Å²) in [7, 11) is 1.83. The minimum Gasteiger partial charge on any atom is -0.379 e. The Balaban J connectivity index is 1.55. The first-order valence-corrected chi connectivity index (χ1v) is 8.20. The lowest BCUT2D eigenvalue weighted by molar-refractivity contribution is 0.129. The molecule has 1 aliphatic heterocycles. The van der Waals surface area contributed by atoms with E-state index in [2.05, 4.69) is 27.1 Å². The van der Waals surface area contributed by atoms with Crippen molar-refractivity contribution < 1.29 is 4.74 Å². The molecular weight excluding hydrogens is 264 g/mol. The average Bonchev–Trinajstić information content (AvgIpc) is 3.32. The van der Waals surface area contributed by atoms with Crippen molar-refractivity contribution in [2.75, 3.05) is 46.4 Å². The van der Waals surface area contributed by atoms with Gasteiger partial charge in [-0.25, -0.2) is 0 Å². The average molecular weight is 294 g/mol. The maximum Gasteiger partial charge on any atom is 0.191 e. The van der Waals surface area contributed by atoms with E-state index in [-0.39, 0.29) is 0 Å². The van der Waals surface area contributed by atoms with Crippen molar-refractivity contribution in [2.24, 2.45) is 10.9 Å². The molecule has 5 heteroatoms. The van der Waals surface area contributed by atoms with Gasteiger partial charge < -0.3 is 15.4 Å². The Bertz CT molecular complexity index is 333. The number of guanidine groups is 1. The molecule has 2 fully saturated rings. The summed E-state index contributed by atoms with van der Waals surface area (Å²) in [6.45, 7) is 9.57. The predicted octanol–water partition coefficient (Wildman–Crippen LogP) is 1.23. The van der Waals surface area contributed by atoms with Gasteiger partial charge in [-0.2, -0.15) is 0 Å². The van der Waals surface area contributed by atoms with E-state index >= 15 is 0 Å². The highest BCUT2D eigenvalue weighted by molar-refractivity contribution is 5.79. The molecule has 1 saturated carbocycles. The van der Waals surface area contributed by atoms with Crippen LogP contribution in [-0.4, -0.2) is 63.3 Å². The summed E-state index contributed by atoms with van der Waals surface area (Å²) < 4.78 is 5.62. The Labute approximate surface area is 128 Å². The Hall–Kier alpha value is -1.07. The molecule has 0 aromatic carbocycles. The quantitative estimate of drug-likeness (QED) is 0.306. The van der Waals surface area contributed by atoms with Crippen molar-refractivity contribution in [1.82, 2.24) is 15.5 Å². The van der Waals surface area contributed by atoms with Gasteiger partial charge in [-0.3, -0.25) is 9.89 Å². The van der Waals surface area contributed by atoms with E-state index in [4.69, 9.17) is 4.74 Å². The van der Waals surface area contributed by atoms with Crippen LogP contribution in [0.3, 0.4) is 0 Å². The third kappa shape index (κ3) is 6.48. The second-order valence-electron chi connectivity index (χ2n) is 6.03. The molecule has 1 saturated heterocycles. The van der Waals surface area contributed by atoms with Gasteiger partial charge in [0.25, 0.3) is 0 Å². The van der Waals surface area contributed by atoms with Gasteiger partial charge in [0.15, 0.2) is 5.96 Å². The first-order valence-electron chi connectivity index (χ1n) is 8.20. The fourth-order valence-electron chi connectivity index (χ4n) is 2.61. The highest BCUT2D eigenvalue weighted by Crippen LogP contribution is 2.28. The molecule has 2 N–H and O–H groups in total. The van der Waals surface area contributed by atoms with Crippen LogP contribution in [0.5, 0.6) is 0 Å². The van der Waals surface area contributed by atoms with Crippen LogP contribution in [0.25, 0.3) is 0 Å². The minimum atomic E-state index is 0.518. The number of hydrogen-bond donors (Lipinski definition) is 2. The molecule has 0 amide bonds. The number of ether oxygens (including phenoxy) is 1. The van der Waals surface area contributed by atoms with Gasteiger partial charge in [0.05, 0.1) is 6.61 Å². The van der Waals surface area contributed by atoms with Crippen molar-refractivity contribution in [2.45, 2.75) is 31.7 Å². The normalized spacial score (nSPS) is 21.3.